The summed E-state index contributed by atoms with van der Waals surface area (Å²) in [5, 5.41) is 6.19. The van der Waals surface area contributed by atoms with Crippen molar-refractivity contribution in [3.8, 4) is 5.75 Å². The van der Waals surface area contributed by atoms with Crippen LogP contribution in [0.5, 0.6) is 5.75 Å². The molecule has 9 heteroatoms. The van der Waals surface area contributed by atoms with Crippen LogP contribution in [-0.2, 0) is 16.1 Å². The lowest BCUT2D eigenvalue weighted by Crippen LogP contribution is -2.43. The summed E-state index contributed by atoms with van der Waals surface area (Å²) in [5.41, 5.74) is 5.74. The minimum absolute atomic E-state index is 0.0241. The molecule has 0 bridgehead atoms. The molecule has 0 radical (unpaired) electrons. The Balaban J connectivity index is 1.30. The van der Waals surface area contributed by atoms with Gasteiger partial charge in [-0.05, 0) is 29.8 Å². The van der Waals surface area contributed by atoms with Gasteiger partial charge in [0.1, 0.15) is 5.75 Å². The molecule has 3 aliphatic heterocycles. The van der Waals surface area contributed by atoms with Gasteiger partial charge in [-0.2, -0.15) is 0 Å². The summed E-state index contributed by atoms with van der Waals surface area (Å²) >= 11 is 0. The van der Waals surface area contributed by atoms with Crippen LogP contribution < -0.4 is 20.3 Å². The van der Waals surface area contributed by atoms with Crippen LogP contribution in [0.15, 0.2) is 66.2 Å². The first-order chi connectivity index (χ1) is 16.1. The van der Waals surface area contributed by atoms with E-state index in [1.165, 1.54) is 4.90 Å². The zero-order valence-electron chi connectivity index (χ0n) is 18.1. The fourth-order valence-electron chi connectivity index (χ4n) is 4.04. The third-order valence-electron chi connectivity index (χ3n) is 5.74. The van der Waals surface area contributed by atoms with Crippen LogP contribution in [0, 0.1) is 0 Å². The number of anilines is 2. The molecule has 9 nitrogen and oxygen atoms in total. The minimum atomic E-state index is -0.466. The molecule has 0 aliphatic carbocycles. The van der Waals surface area contributed by atoms with Gasteiger partial charge in [0, 0.05) is 44.0 Å². The zero-order chi connectivity index (χ0) is 22.8. The smallest absolute Gasteiger partial charge is 0.299 e. The van der Waals surface area contributed by atoms with Crippen LogP contribution in [0.3, 0.4) is 0 Å². The van der Waals surface area contributed by atoms with E-state index in [1.54, 1.807) is 37.7 Å². The fraction of sp³-hybridized carbons (Fsp3) is 0.250. The number of amides is 2. The molecule has 2 N–H and O–H groups in total. The van der Waals surface area contributed by atoms with Crippen LogP contribution >= 0.6 is 0 Å². The molecule has 1 fully saturated rings. The van der Waals surface area contributed by atoms with Gasteiger partial charge in [-0.1, -0.05) is 11.8 Å². The van der Waals surface area contributed by atoms with Gasteiger partial charge in [-0.25, -0.2) is 0 Å². The first-order valence-corrected chi connectivity index (χ1v) is 10.7. The average molecular weight is 445 g/mol. The predicted molar refractivity (Wildman–Crippen MR) is 122 cm³/mol. The minimum Gasteiger partial charge on any atom is -0.497 e. The Morgan fingerprint density at radius 3 is 2.94 bits per heavy atom. The highest BCUT2D eigenvalue weighted by Gasteiger charge is 2.33. The van der Waals surface area contributed by atoms with Crippen molar-refractivity contribution < 1.29 is 19.1 Å². The number of pyridine rings is 1. The molecule has 168 valence electrons. The number of nitrogens with zero attached hydrogens (tertiary/aromatic N) is 3. The number of carbonyl (C=O) groups excluding carboxylic acids is 2. The topological polar surface area (TPSA) is 96.0 Å². The lowest BCUT2D eigenvalue weighted by molar-refractivity contribution is -0.115. The van der Waals surface area contributed by atoms with Crippen LogP contribution in [0.25, 0.3) is 0 Å². The van der Waals surface area contributed by atoms with E-state index in [4.69, 9.17) is 9.47 Å². The predicted octanol–water partition coefficient (Wildman–Crippen LogP) is 2.00. The fourth-order valence-corrected chi connectivity index (χ4v) is 4.04. The molecule has 1 aromatic heterocycles. The molecule has 4 heterocycles. The number of nitrogens with one attached hydrogen (secondary N) is 2. The highest BCUT2D eigenvalue weighted by Crippen LogP contribution is 2.31. The summed E-state index contributed by atoms with van der Waals surface area (Å²) in [7, 11) is 1.56. The van der Waals surface area contributed by atoms with E-state index in [0.29, 0.717) is 23.5 Å². The maximum Gasteiger partial charge on any atom is 0.299 e. The molecule has 0 atom stereocenters. The summed E-state index contributed by atoms with van der Waals surface area (Å²) < 4.78 is 11.0. The second-order valence-electron chi connectivity index (χ2n) is 7.75. The van der Waals surface area contributed by atoms with Crippen molar-refractivity contribution in [3.63, 3.8) is 0 Å². The second-order valence-corrected chi connectivity index (χ2v) is 7.75. The van der Waals surface area contributed by atoms with Crippen molar-refractivity contribution in [2.75, 3.05) is 43.5 Å². The number of methoxy groups -OCH3 is 1. The van der Waals surface area contributed by atoms with Gasteiger partial charge in [-0.3, -0.25) is 19.5 Å². The van der Waals surface area contributed by atoms with Gasteiger partial charge in [0.05, 0.1) is 31.2 Å². The van der Waals surface area contributed by atoms with E-state index in [1.807, 2.05) is 18.2 Å². The molecular formula is C24H23N5O4. The standard InChI is InChI=1S/C24H23N5O4/c1-32-17-6-5-16-15-29(24(31)18(16)13-17)22-4-2-3-21(33-22)23(30)27-19-14-26-8-7-20(19)28-11-9-25-10-12-28/h2,4-8,13-14,25H,9-12,15H2,1H3,(H,27,30). The van der Waals surface area contributed by atoms with Crippen molar-refractivity contribution in [1.29, 1.82) is 0 Å². The molecular weight excluding hydrogens is 422 g/mol. The van der Waals surface area contributed by atoms with Crippen molar-refractivity contribution in [3.05, 3.63) is 77.3 Å². The number of carbonyl (C=O) groups is 2. The largest absolute Gasteiger partial charge is 0.497 e. The normalized spacial score (nSPS) is 17.2. The monoisotopic (exact) mass is 445 g/mol. The van der Waals surface area contributed by atoms with Crippen molar-refractivity contribution in [2.45, 2.75) is 6.54 Å². The van der Waals surface area contributed by atoms with E-state index in [2.05, 4.69) is 26.2 Å². The Morgan fingerprint density at radius 1 is 1.27 bits per heavy atom. The maximum atomic E-state index is 13.0. The van der Waals surface area contributed by atoms with Gasteiger partial charge in [0.15, 0.2) is 0 Å². The SMILES string of the molecule is COc1ccc2c(c1)C(=O)N(C1=CC=C=C(C(=O)Nc3cnccc3N3CCNCC3)O1)C2. The summed E-state index contributed by atoms with van der Waals surface area (Å²) in [6.07, 6.45) is 6.52. The lowest BCUT2D eigenvalue weighted by Gasteiger charge is -2.30. The van der Waals surface area contributed by atoms with E-state index < -0.39 is 5.91 Å². The molecule has 2 aromatic rings. The first kappa shape index (κ1) is 20.8. The summed E-state index contributed by atoms with van der Waals surface area (Å²) in [4.78, 5) is 33.8. The highest BCUT2D eigenvalue weighted by atomic mass is 16.5. The van der Waals surface area contributed by atoms with Gasteiger partial charge < -0.3 is 25.0 Å². The highest BCUT2D eigenvalue weighted by molar-refractivity contribution is 6.04. The van der Waals surface area contributed by atoms with Crippen LogP contribution in [0.4, 0.5) is 11.4 Å². The van der Waals surface area contributed by atoms with Crippen LogP contribution in [0.2, 0.25) is 0 Å². The number of hydrogen-bond donors (Lipinski definition) is 2. The van der Waals surface area contributed by atoms with E-state index in [9.17, 15) is 9.59 Å². The van der Waals surface area contributed by atoms with Crippen molar-refractivity contribution in [1.82, 2.24) is 15.2 Å². The Kier molecular flexibility index (Phi) is 5.56. The molecule has 0 saturated carbocycles. The maximum absolute atomic E-state index is 13.0. The number of aromatic nitrogens is 1. The van der Waals surface area contributed by atoms with Crippen LogP contribution in [0.1, 0.15) is 15.9 Å². The lowest BCUT2D eigenvalue weighted by atomic mass is 10.1. The molecule has 5 rings (SSSR count). The number of allylic oxidation sites excluding steroid dienone is 1. The average Bonchev–Trinajstić information content (AvgIpc) is 3.20. The molecule has 2 amide bonds. The number of benzene rings is 1. The number of fused-ring (bicyclic) bond motifs is 1. The molecule has 1 saturated heterocycles. The zero-order valence-corrected chi connectivity index (χ0v) is 18.1. The van der Waals surface area contributed by atoms with Gasteiger partial charge >= 0.3 is 0 Å². The molecule has 33 heavy (non-hydrogen) atoms. The second kappa shape index (κ2) is 8.82. The number of ether oxygens (including phenoxy) is 2. The van der Waals surface area contributed by atoms with Crippen molar-refractivity contribution in [2.24, 2.45) is 0 Å². The Bertz CT molecular complexity index is 1210. The van der Waals surface area contributed by atoms with E-state index >= 15 is 0 Å². The first-order valence-electron chi connectivity index (χ1n) is 10.7. The molecule has 1 aromatic carbocycles. The Hall–Kier alpha value is -4.07. The molecule has 0 unspecified atom stereocenters. The number of piperazine rings is 1. The summed E-state index contributed by atoms with van der Waals surface area (Å²) in [6.45, 7) is 3.77. The Morgan fingerprint density at radius 2 is 2.12 bits per heavy atom. The van der Waals surface area contributed by atoms with Gasteiger partial charge in [0.2, 0.25) is 11.6 Å². The van der Waals surface area contributed by atoms with Crippen molar-refractivity contribution >= 4 is 23.2 Å². The molecule has 0 spiro atoms. The summed E-state index contributed by atoms with van der Waals surface area (Å²) in [5.74, 6) is 0.182. The number of hydrogen-bond acceptors (Lipinski definition) is 7. The third kappa shape index (κ3) is 4.07. The third-order valence-corrected chi connectivity index (χ3v) is 5.74. The van der Waals surface area contributed by atoms with Gasteiger partial charge in [0.25, 0.3) is 11.8 Å². The Labute approximate surface area is 191 Å². The summed E-state index contributed by atoms with van der Waals surface area (Å²) in [6, 6.07) is 7.26. The van der Waals surface area contributed by atoms with E-state index in [0.717, 1.165) is 37.4 Å². The number of rotatable bonds is 5. The van der Waals surface area contributed by atoms with Crippen LogP contribution in [-0.4, -0.2) is 55.0 Å². The quantitative estimate of drug-likeness (QED) is 0.680. The van der Waals surface area contributed by atoms with Gasteiger partial charge in [-0.15, -0.1) is 0 Å². The molecule has 3 aliphatic rings. The van der Waals surface area contributed by atoms with E-state index in [-0.39, 0.29) is 17.5 Å².